The molecule has 7 nitrogen and oxygen atoms in total. The Kier molecular flexibility index (Phi) is 8.93. The van der Waals surface area contributed by atoms with Crippen molar-refractivity contribution in [1.82, 2.24) is 9.29 Å². The van der Waals surface area contributed by atoms with Crippen LogP contribution in [0.25, 0.3) is 11.3 Å². The first-order valence-corrected chi connectivity index (χ1v) is 15.9. The van der Waals surface area contributed by atoms with Crippen LogP contribution in [-0.4, -0.2) is 58.1 Å². The van der Waals surface area contributed by atoms with E-state index in [1.165, 1.54) is 5.56 Å². The average molecular weight is 572 g/mol. The zero-order chi connectivity index (χ0) is 28.5. The molecule has 39 heavy (non-hydrogen) atoms. The van der Waals surface area contributed by atoms with Crippen molar-refractivity contribution in [1.29, 1.82) is 0 Å². The van der Waals surface area contributed by atoms with Gasteiger partial charge in [0.2, 0.25) is 10.0 Å². The van der Waals surface area contributed by atoms with Crippen molar-refractivity contribution in [2.24, 2.45) is 0 Å². The molecule has 4 rings (SSSR count). The highest BCUT2D eigenvalue weighted by Gasteiger charge is 2.34. The molecule has 2 aromatic carbocycles. The molecule has 0 radical (unpaired) electrons. The first-order valence-electron chi connectivity index (χ1n) is 13.6. The lowest BCUT2D eigenvalue weighted by molar-refractivity contribution is 0.383. The third-order valence-electron chi connectivity index (χ3n) is 7.36. The maximum Gasteiger partial charge on any atom is 0.243 e. The van der Waals surface area contributed by atoms with Gasteiger partial charge in [0.1, 0.15) is 11.5 Å². The number of benzene rings is 2. The molecule has 1 saturated heterocycles. The second-order valence-electron chi connectivity index (χ2n) is 11.0. The zero-order valence-corrected chi connectivity index (χ0v) is 25.9. The van der Waals surface area contributed by atoms with Gasteiger partial charge in [-0.15, -0.1) is 11.3 Å². The quantitative estimate of drug-likeness (QED) is 0.284. The smallest absolute Gasteiger partial charge is 0.243 e. The summed E-state index contributed by atoms with van der Waals surface area (Å²) in [7, 11) is -0.376. The maximum atomic E-state index is 14.2. The maximum absolute atomic E-state index is 14.2. The number of methoxy groups -OCH3 is 2. The van der Waals surface area contributed by atoms with Crippen LogP contribution in [0.3, 0.4) is 0 Å². The van der Waals surface area contributed by atoms with Crippen molar-refractivity contribution >= 4 is 26.5 Å². The average Bonchev–Trinajstić information content (AvgIpc) is 3.42. The summed E-state index contributed by atoms with van der Waals surface area (Å²) in [5.41, 5.74) is 4.72. The minimum Gasteiger partial charge on any atom is -0.497 e. The van der Waals surface area contributed by atoms with Gasteiger partial charge in [-0.2, -0.15) is 4.31 Å². The highest BCUT2D eigenvalue weighted by molar-refractivity contribution is 7.89. The van der Waals surface area contributed by atoms with E-state index in [4.69, 9.17) is 14.5 Å². The Bertz CT molecular complexity index is 1380. The van der Waals surface area contributed by atoms with Gasteiger partial charge in [-0.25, -0.2) is 13.4 Å². The molecular weight excluding hydrogens is 530 g/mol. The van der Waals surface area contributed by atoms with Crippen LogP contribution in [-0.2, 0) is 10.0 Å². The fourth-order valence-electron chi connectivity index (χ4n) is 4.98. The fraction of sp³-hybridized carbons (Fsp3) is 0.500. The van der Waals surface area contributed by atoms with Crippen LogP contribution >= 0.6 is 11.3 Å². The van der Waals surface area contributed by atoms with Crippen molar-refractivity contribution in [3.63, 3.8) is 0 Å². The van der Waals surface area contributed by atoms with Crippen LogP contribution in [0.4, 0.5) is 5.13 Å². The summed E-state index contributed by atoms with van der Waals surface area (Å²) < 4.78 is 40.9. The molecule has 212 valence electrons. The zero-order valence-electron chi connectivity index (χ0n) is 24.3. The molecule has 2 heterocycles. The molecule has 0 bridgehead atoms. The van der Waals surface area contributed by atoms with E-state index in [0.717, 1.165) is 39.0 Å². The summed E-state index contributed by atoms with van der Waals surface area (Å²) in [6.45, 7) is 14.6. The van der Waals surface area contributed by atoms with Crippen LogP contribution < -0.4 is 14.4 Å². The molecule has 0 amide bonds. The Morgan fingerprint density at radius 3 is 1.97 bits per heavy atom. The van der Waals surface area contributed by atoms with Gasteiger partial charge in [0.15, 0.2) is 5.13 Å². The van der Waals surface area contributed by atoms with E-state index in [-0.39, 0.29) is 11.8 Å². The van der Waals surface area contributed by atoms with Crippen LogP contribution in [0.2, 0.25) is 0 Å². The second kappa shape index (κ2) is 11.9. The minimum absolute atomic E-state index is 0.106. The number of nitrogens with zero attached hydrogens (tertiary/aromatic N) is 3. The van der Waals surface area contributed by atoms with E-state index in [2.05, 4.69) is 58.6 Å². The number of anilines is 1. The fourth-order valence-corrected chi connectivity index (χ4v) is 7.95. The third-order valence-corrected chi connectivity index (χ3v) is 10.3. The standard InChI is InChI=1S/C30H41N3O4S2/c1-19(2)22-15-24(20(3)4)29(25(16-22)21(5)6)39(34,35)33-13-11-32(12-14-33)30-31-27(18-38-30)26-17-23(36-7)9-10-28(26)37-8/h9-10,15-21H,11-14H2,1-8H3. The molecule has 1 aromatic heterocycles. The summed E-state index contributed by atoms with van der Waals surface area (Å²) in [4.78, 5) is 7.55. The lowest BCUT2D eigenvalue weighted by Gasteiger charge is -2.35. The van der Waals surface area contributed by atoms with Gasteiger partial charge in [0.25, 0.3) is 0 Å². The Morgan fingerprint density at radius 2 is 1.46 bits per heavy atom. The normalized spacial score (nSPS) is 15.0. The molecule has 0 atom stereocenters. The van der Waals surface area contributed by atoms with Gasteiger partial charge in [0, 0.05) is 37.1 Å². The van der Waals surface area contributed by atoms with Gasteiger partial charge in [0.05, 0.1) is 24.8 Å². The van der Waals surface area contributed by atoms with Crippen molar-refractivity contribution in [2.75, 3.05) is 45.3 Å². The van der Waals surface area contributed by atoms with Gasteiger partial charge in [-0.05, 0) is 52.6 Å². The van der Waals surface area contributed by atoms with Gasteiger partial charge >= 0.3 is 0 Å². The van der Waals surface area contributed by atoms with Crippen LogP contribution in [0.5, 0.6) is 11.5 Å². The molecule has 9 heteroatoms. The van der Waals surface area contributed by atoms with Crippen LogP contribution in [0.1, 0.15) is 76.0 Å². The molecule has 0 unspecified atom stereocenters. The highest BCUT2D eigenvalue weighted by atomic mass is 32.2. The van der Waals surface area contributed by atoms with Crippen molar-refractivity contribution < 1.29 is 17.9 Å². The summed E-state index contributed by atoms with van der Waals surface area (Å²) >= 11 is 1.56. The van der Waals surface area contributed by atoms with Crippen molar-refractivity contribution in [2.45, 2.75) is 64.2 Å². The number of ether oxygens (including phenoxy) is 2. The van der Waals surface area contributed by atoms with Crippen LogP contribution in [0.15, 0.2) is 40.6 Å². The number of rotatable bonds is 9. The molecule has 1 aliphatic rings. The molecule has 0 aliphatic carbocycles. The topological polar surface area (TPSA) is 72.0 Å². The predicted molar refractivity (Wildman–Crippen MR) is 160 cm³/mol. The van der Waals surface area contributed by atoms with E-state index in [1.54, 1.807) is 29.9 Å². The van der Waals surface area contributed by atoms with Crippen molar-refractivity contribution in [3.05, 3.63) is 52.4 Å². The van der Waals surface area contributed by atoms with Gasteiger partial charge in [-0.3, -0.25) is 0 Å². The number of piperazine rings is 1. The summed E-state index contributed by atoms with van der Waals surface area (Å²) in [6.07, 6.45) is 0. The highest BCUT2D eigenvalue weighted by Crippen LogP contribution is 2.38. The minimum atomic E-state index is -3.66. The first-order chi connectivity index (χ1) is 18.5. The van der Waals surface area contributed by atoms with E-state index in [9.17, 15) is 8.42 Å². The molecule has 1 fully saturated rings. The summed E-state index contributed by atoms with van der Waals surface area (Å²) in [5, 5.41) is 2.88. The Balaban J connectivity index is 1.59. The summed E-state index contributed by atoms with van der Waals surface area (Å²) in [6, 6.07) is 9.87. The van der Waals surface area contributed by atoms with Gasteiger partial charge < -0.3 is 14.4 Å². The second-order valence-corrected chi connectivity index (χ2v) is 13.7. The number of thiazole rings is 1. The predicted octanol–water partition coefficient (Wildman–Crippen LogP) is 6.71. The number of aromatic nitrogens is 1. The lowest BCUT2D eigenvalue weighted by atomic mass is 9.89. The first kappa shape index (κ1) is 29.4. The number of sulfonamides is 1. The molecular formula is C30H41N3O4S2. The Hall–Kier alpha value is -2.62. The molecule has 3 aromatic rings. The lowest BCUT2D eigenvalue weighted by Crippen LogP contribution is -2.49. The van der Waals surface area contributed by atoms with Crippen LogP contribution in [0, 0.1) is 0 Å². The third kappa shape index (κ3) is 5.95. The molecule has 0 spiro atoms. The summed E-state index contributed by atoms with van der Waals surface area (Å²) in [5.74, 6) is 2.01. The number of hydrogen-bond acceptors (Lipinski definition) is 7. The largest absolute Gasteiger partial charge is 0.497 e. The van der Waals surface area contributed by atoms with E-state index < -0.39 is 10.0 Å². The SMILES string of the molecule is COc1ccc(OC)c(-c2csc(N3CCN(S(=O)(=O)c4c(C(C)C)cc(C(C)C)cc4C(C)C)CC3)n2)c1. The van der Waals surface area contributed by atoms with E-state index in [1.807, 2.05) is 23.6 Å². The van der Waals surface area contributed by atoms with Crippen molar-refractivity contribution in [3.8, 4) is 22.8 Å². The Morgan fingerprint density at radius 1 is 0.846 bits per heavy atom. The molecule has 0 N–H and O–H groups in total. The monoisotopic (exact) mass is 571 g/mol. The molecule has 1 aliphatic heterocycles. The van der Waals surface area contributed by atoms with E-state index in [0.29, 0.717) is 37.0 Å². The van der Waals surface area contributed by atoms with Gasteiger partial charge in [-0.1, -0.05) is 53.7 Å². The Labute approximate surface area is 237 Å². The van der Waals surface area contributed by atoms with E-state index >= 15 is 0 Å². The molecule has 0 saturated carbocycles. The number of hydrogen-bond donors (Lipinski definition) is 0.